The van der Waals surface area contributed by atoms with E-state index in [0.717, 1.165) is 31.7 Å². The number of aromatic nitrogens is 1. The molecule has 0 aromatic carbocycles. The van der Waals surface area contributed by atoms with Crippen LogP contribution >= 0.6 is 0 Å². The molecule has 20 heavy (non-hydrogen) atoms. The summed E-state index contributed by atoms with van der Waals surface area (Å²) >= 11 is 0. The van der Waals surface area contributed by atoms with Gasteiger partial charge in [-0.3, -0.25) is 9.88 Å². The lowest BCUT2D eigenvalue weighted by molar-refractivity contribution is 0.144. The highest BCUT2D eigenvalue weighted by Gasteiger charge is 2.27. The molecule has 5 nitrogen and oxygen atoms in total. The van der Waals surface area contributed by atoms with Crippen molar-refractivity contribution in [3.05, 3.63) is 24.3 Å². The van der Waals surface area contributed by atoms with Crippen LogP contribution < -0.4 is 5.32 Å². The van der Waals surface area contributed by atoms with E-state index in [4.69, 9.17) is 0 Å². The topological polar surface area (TPSA) is 48.5 Å². The van der Waals surface area contributed by atoms with Crippen molar-refractivity contribution in [2.24, 2.45) is 5.92 Å². The Kier molecular flexibility index (Phi) is 3.82. The summed E-state index contributed by atoms with van der Waals surface area (Å²) in [4.78, 5) is 19.9. The van der Waals surface area contributed by atoms with Gasteiger partial charge in [0.2, 0.25) is 0 Å². The fourth-order valence-corrected chi connectivity index (χ4v) is 2.47. The molecule has 2 aliphatic rings. The van der Waals surface area contributed by atoms with E-state index in [1.54, 1.807) is 4.90 Å². The van der Waals surface area contributed by atoms with Gasteiger partial charge in [-0.25, -0.2) is 9.18 Å². The van der Waals surface area contributed by atoms with Crippen molar-refractivity contribution in [2.45, 2.75) is 12.8 Å². The first-order valence-corrected chi connectivity index (χ1v) is 7.10. The molecule has 2 heterocycles. The highest BCUT2D eigenvalue weighted by atomic mass is 19.1. The van der Waals surface area contributed by atoms with Crippen molar-refractivity contribution in [1.29, 1.82) is 0 Å². The number of piperazine rings is 1. The first-order chi connectivity index (χ1) is 9.72. The maximum absolute atomic E-state index is 13.4. The second kappa shape index (κ2) is 5.75. The molecule has 1 saturated carbocycles. The average molecular weight is 278 g/mol. The number of carbonyl (C=O) groups excluding carboxylic acids is 1. The van der Waals surface area contributed by atoms with E-state index < -0.39 is 5.82 Å². The molecular formula is C14H19FN4O. The molecular weight excluding hydrogens is 259 g/mol. The maximum Gasteiger partial charge on any atom is 0.322 e. The third kappa shape index (κ3) is 3.25. The molecule has 2 fully saturated rings. The molecule has 6 heteroatoms. The van der Waals surface area contributed by atoms with E-state index >= 15 is 0 Å². The van der Waals surface area contributed by atoms with Crippen LogP contribution in [0.1, 0.15) is 12.8 Å². The minimum atomic E-state index is -0.506. The first kappa shape index (κ1) is 13.3. The number of amides is 2. The fourth-order valence-electron chi connectivity index (χ4n) is 2.47. The summed E-state index contributed by atoms with van der Waals surface area (Å²) in [5.41, 5.74) is 0.186. The van der Waals surface area contributed by atoms with Crippen molar-refractivity contribution in [3.63, 3.8) is 0 Å². The summed E-state index contributed by atoms with van der Waals surface area (Å²) in [6.07, 6.45) is 5.26. The number of hydrogen-bond acceptors (Lipinski definition) is 3. The molecule has 1 aliphatic carbocycles. The van der Waals surface area contributed by atoms with Gasteiger partial charge in [-0.15, -0.1) is 0 Å². The quantitative estimate of drug-likeness (QED) is 0.917. The van der Waals surface area contributed by atoms with Crippen molar-refractivity contribution in [3.8, 4) is 0 Å². The third-order valence-corrected chi connectivity index (χ3v) is 3.89. The van der Waals surface area contributed by atoms with Crippen LogP contribution in [0.2, 0.25) is 0 Å². The Morgan fingerprint density at radius 1 is 1.35 bits per heavy atom. The smallest absolute Gasteiger partial charge is 0.322 e. The number of pyridine rings is 1. The van der Waals surface area contributed by atoms with Crippen molar-refractivity contribution >= 4 is 11.7 Å². The molecule has 1 saturated heterocycles. The van der Waals surface area contributed by atoms with Gasteiger partial charge < -0.3 is 10.2 Å². The summed E-state index contributed by atoms with van der Waals surface area (Å²) in [5, 5.41) is 2.60. The number of rotatable bonds is 3. The number of urea groups is 1. The lowest BCUT2D eigenvalue weighted by Crippen LogP contribution is -2.50. The summed E-state index contributed by atoms with van der Waals surface area (Å²) < 4.78 is 13.4. The number of nitrogens with zero attached hydrogens (tertiary/aromatic N) is 3. The molecule has 0 bridgehead atoms. The van der Waals surface area contributed by atoms with Crippen molar-refractivity contribution < 1.29 is 9.18 Å². The lowest BCUT2D eigenvalue weighted by atomic mass is 10.3. The largest absolute Gasteiger partial charge is 0.322 e. The zero-order valence-electron chi connectivity index (χ0n) is 11.4. The van der Waals surface area contributed by atoms with E-state index in [1.165, 1.54) is 25.1 Å². The summed E-state index contributed by atoms with van der Waals surface area (Å²) in [7, 11) is 0. The Morgan fingerprint density at radius 2 is 2.10 bits per heavy atom. The molecule has 0 atom stereocenters. The molecule has 2 amide bonds. The molecule has 0 spiro atoms. The Morgan fingerprint density at radius 3 is 2.75 bits per heavy atom. The molecule has 108 valence electrons. The Balaban J connectivity index is 1.50. The number of hydrogen-bond donors (Lipinski definition) is 1. The van der Waals surface area contributed by atoms with Gasteiger partial charge in [0.1, 0.15) is 0 Å². The molecule has 0 unspecified atom stereocenters. The normalized spacial score (nSPS) is 19.9. The fraction of sp³-hybridized carbons (Fsp3) is 0.571. The highest BCUT2D eigenvalue weighted by Crippen LogP contribution is 2.29. The van der Waals surface area contributed by atoms with Crippen LogP contribution in [0.15, 0.2) is 18.5 Å². The number of halogens is 1. The highest BCUT2D eigenvalue weighted by molar-refractivity contribution is 5.89. The predicted molar refractivity (Wildman–Crippen MR) is 74.0 cm³/mol. The lowest BCUT2D eigenvalue weighted by Gasteiger charge is -2.34. The average Bonchev–Trinajstić information content (AvgIpc) is 3.26. The van der Waals surface area contributed by atoms with Gasteiger partial charge in [0, 0.05) is 38.9 Å². The summed E-state index contributed by atoms with van der Waals surface area (Å²) in [6, 6.07) is 1.23. The van der Waals surface area contributed by atoms with Gasteiger partial charge in [0.25, 0.3) is 0 Å². The number of carbonyl (C=O) groups is 1. The molecule has 1 aliphatic heterocycles. The molecule has 3 rings (SSSR count). The SMILES string of the molecule is O=C(Nc1ccncc1F)N1CCN(CC2CC2)CC1. The van der Waals surface area contributed by atoms with Gasteiger partial charge in [-0.05, 0) is 24.8 Å². The molecule has 1 aromatic rings. The number of anilines is 1. The van der Waals surface area contributed by atoms with Crippen LogP contribution in [0, 0.1) is 11.7 Å². The van der Waals surface area contributed by atoms with Crippen LogP contribution in [0.3, 0.4) is 0 Å². The minimum absolute atomic E-state index is 0.186. The van der Waals surface area contributed by atoms with E-state index in [2.05, 4.69) is 15.2 Å². The minimum Gasteiger partial charge on any atom is -0.322 e. The zero-order valence-corrected chi connectivity index (χ0v) is 11.4. The Hall–Kier alpha value is -1.69. The van der Waals surface area contributed by atoms with Gasteiger partial charge >= 0.3 is 6.03 Å². The second-order valence-electron chi connectivity index (χ2n) is 5.52. The molecule has 0 radical (unpaired) electrons. The van der Waals surface area contributed by atoms with Crippen LogP contribution in [0.25, 0.3) is 0 Å². The second-order valence-corrected chi connectivity index (χ2v) is 5.52. The van der Waals surface area contributed by atoms with Crippen LogP contribution in [0.5, 0.6) is 0 Å². The van der Waals surface area contributed by atoms with E-state index in [1.807, 2.05) is 0 Å². The Labute approximate surface area is 117 Å². The summed E-state index contributed by atoms with van der Waals surface area (Å²) in [6.45, 7) is 4.37. The van der Waals surface area contributed by atoms with Crippen LogP contribution in [-0.2, 0) is 0 Å². The van der Waals surface area contributed by atoms with Gasteiger partial charge in [-0.2, -0.15) is 0 Å². The monoisotopic (exact) mass is 278 g/mol. The van der Waals surface area contributed by atoms with Gasteiger partial charge in [0.15, 0.2) is 5.82 Å². The zero-order chi connectivity index (χ0) is 13.9. The standard InChI is InChI=1S/C14H19FN4O/c15-12-9-16-4-3-13(12)17-14(20)19-7-5-18(6-8-19)10-11-1-2-11/h3-4,9,11H,1-2,5-8,10H2,(H,16,17,20). The van der Waals surface area contributed by atoms with Gasteiger partial charge in [-0.1, -0.05) is 0 Å². The third-order valence-electron chi connectivity index (χ3n) is 3.89. The van der Waals surface area contributed by atoms with E-state index in [9.17, 15) is 9.18 Å². The first-order valence-electron chi connectivity index (χ1n) is 7.10. The van der Waals surface area contributed by atoms with Crippen LogP contribution in [-0.4, -0.2) is 53.5 Å². The maximum atomic E-state index is 13.4. The van der Waals surface area contributed by atoms with E-state index in [-0.39, 0.29) is 11.7 Å². The predicted octanol–water partition coefficient (Wildman–Crippen LogP) is 1.78. The number of nitrogens with one attached hydrogen (secondary N) is 1. The van der Waals surface area contributed by atoms with E-state index in [0.29, 0.717) is 13.1 Å². The van der Waals surface area contributed by atoms with Crippen molar-refractivity contribution in [1.82, 2.24) is 14.8 Å². The van der Waals surface area contributed by atoms with Gasteiger partial charge in [0.05, 0.1) is 11.9 Å². The van der Waals surface area contributed by atoms with Crippen LogP contribution in [0.4, 0.5) is 14.9 Å². The summed E-state index contributed by atoms with van der Waals surface area (Å²) in [5.74, 6) is 0.370. The Bertz CT molecular complexity index is 484. The molecule has 1 aromatic heterocycles. The molecule has 1 N–H and O–H groups in total. The van der Waals surface area contributed by atoms with Crippen molar-refractivity contribution in [2.75, 3.05) is 38.0 Å².